The predicted octanol–water partition coefficient (Wildman–Crippen LogP) is 0.486. The third-order valence-corrected chi connectivity index (χ3v) is 3.06. The minimum atomic E-state index is -0.695. The van der Waals surface area contributed by atoms with E-state index >= 15 is 0 Å². The molecule has 1 fully saturated rings. The molecule has 14 heavy (non-hydrogen) atoms. The molecule has 1 N–H and O–H groups in total. The van der Waals surface area contributed by atoms with Crippen LogP contribution in [0, 0.1) is 0 Å². The standard InChI is InChI=1S/C10H20N2O2/c1-8-6-11(2)7-9(12(8)3)4-5-10(13)14/h8-9H,4-7H2,1-3H3,(H,13,14). The van der Waals surface area contributed by atoms with Crippen molar-refractivity contribution < 1.29 is 9.90 Å². The summed E-state index contributed by atoms with van der Waals surface area (Å²) >= 11 is 0. The van der Waals surface area contributed by atoms with Crippen molar-refractivity contribution in [1.82, 2.24) is 9.80 Å². The lowest BCUT2D eigenvalue weighted by Crippen LogP contribution is -2.54. The molecule has 0 aromatic heterocycles. The summed E-state index contributed by atoms with van der Waals surface area (Å²) in [5.74, 6) is -0.695. The van der Waals surface area contributed by atoms with Crippen LogP contribution >= 0.6 is 0 Å². The summed E-state index contributed by atoms with van der Waals surface area (Å²) in [6.45, 7) is 4.23. The Kier molecular flexibility index (Phi) is 3.89. The Labute approximate surface area is 85.5 Å². The highest BCUT2D eigenvalue weighted by Crippen LogP contribution is 2.16. The van der Waals surface area contributed by atoms with E-state index in [9.17, 15) is 4.79 Å². The summed E-state index contributed by atoms with van der Waals surface area (Å²) in [4.78, 5) is 15.0. The molecule has 1 aliphatic heterocycles. The van der Waals surface area contributed by atoms with E-state index in [0.29, 0.717) is 12.1 Å². The van der Waals surface area contributed by atoms with Gasteiger partial charge < -0.3 is 10.0 Å². The average Bonchev–Trinajstić information content (AvgIpc) is 2.08. The predicted molar refractivity (Wildman–Crippen MR) is 55.4 cm³/mol. The Bertz CT molecular complexity index is 208. The van der Waals surface area contributed by atoms with E-state index in [1.54, 1.807) is 0 Å². The third-order valence-electron chi connectivity index (χ3n) is 3.06. The molecule has 1 saturated heterocycles. The summed E-state index contributed by atoms with van der Waals surface area (Å²) in [5.41, 5.74) is 0. The fourth-order valence-corrected chi connectivity index (χ4v) is 2.09. The molecule has 4 heteroatoms. The molecular formula is C10H20N2O2. The van der Waals surface area contributed by atoms with Crippen molar-refractivity contribution in [2.75, 3.05) is 27.2 Å². The SMILES string of the molecule is CC1CN(C)CC(CCC(=O)O)N1C. The topological polar surface area (TPSA) is 43.8 Å². The van der Waals surface area contributed by atoms with Gasteiger partial charge in [-0.05, 0) is 27.4 Å². The quantitative estimate of drug-likeness (QED) is 0.720. The molecule has 2 atom stereocenters. The van der Waals surface area contributed by atoms with E-state index in [-0.39, 0.29) is 6.42 Å². The van der Waals surface area contributed by atoms with E-state index in [0.717, 1.165) is 19.5 Å². The van der Waals surface area contributed by atoms with Crippen LogP contribution in [-0.2, 0) is 4.79 Å². The summed E-state index contributed by atoms with van der Waals surface area (Å²) in [6.07, 6.45) is 1.02. The van der Waals surface area contributed by atoms with Crippen molar-refractivity contribution in [3.63, 3.8) is 0 Å². The van der Waals surface area contributed by atoms with Crippen LogP contribution in [0.5, 0.6) is 0 Å². The second-order valence-electron chi connectivity index (χ2n) is 4.32. The second kappa shape index (κ2) is 4.75. The lowest BCUT2D eigenvalue weighted by atomic mass is 10.0. The Morgan fingerprint density at radius 3 is 2.64 bits per heavy atom. The molecule has 82 valence electrons. The molecule has 0 aromatic carbocycles. The number of hydrogen-bond donors (Lipinski definition) is 1. The molecule has 2 unspecified atom stereocenters. The number of likely N-dealkylation sites (N-methyl/N-ethyl adjacent to an activating group) is 2. The minimum absolute atomic E-state index is 0.273. The van der Waals surface area contributed by atoms with Crippen LogP contribution < -0.4 is 0 Å². The number of hydrogen-bond acceptors (Lipinski definition) is 3. The van der Waals surface area contributed by atoms with Crippen molar-refractivity contribution in [3.05, 3.63) is 0 Å². The first-order chi connectivity index (χ1) is 6.50. The van der Waals surface area contributed by atoms with Gasteiger partial charge in [0, 0.05) is 31.6 Å². The zero-order valence-electron chi connectivity index (χ0n) is 9.23. The maximum absolute atomic E-state index is 10.5. The van der Waals surface area contributed by atoms with Crippen molar-refractivity contribution >= 4 is 5.97 Å². The molecule has 1 heterocycles. The molecule has 0 aromatic rings. The number of aliphatic carboxylic acids is 1. The number of rotatable bonds is 3. The van der Waals surface area contributed by atoms with Gasteiger partial charge in [0.2, 0.25) is 0 Å². The maximum Gasteiger partial charge on any atom is 0.303 e. The monoisotopic (exact) mass is 200 g/mol. The molecule has 4 nitrogen and oxygen atoms in total. The Morgan fingerprint density at radius 2 is 2.07 bits per heavy atom. The number of piperazine rings is 1. The van der Waals surface area contributed by atoms with Crippen LogP contribution in [-0.4, -0.2) is 60.1 Å². The maximum atomic E-state index is 10.5. The minimum Gasteiger partial charge on any atom is -0.481 e. The van der Waals surface area contributed by atoms with Crippen molar-refractivity contribution in [1.29, 1.82) is 0 Å². The van der Waals surface area contributed by atoms with Gasteiger partial charge in [-0.25, -0.2) is 0 Å². The van der Waals surface area contributed by atoms with Crippen LogP contribution in [0.25, 0.3) is 0 Å². The highest BCUT2D eigenvalue weighted by Gasteiger charge is 2.27. The van der Waals surface area contributed by atoms with Gasteiger partial charge in [0.1, 0.15) is 0 Å². The van der Waals surface area contributed by atoms with E-state index in [1.807, 2.05) is 0 Å². The summed E-state index contributed by atoms with van der Waals surface area (Å²) in [5, 5.41) is 8.63. The van der Waals surface area contributed by atoms with Crippen LogP contribution in [0.2, 0.25) is 0 Å². The van der Waals surface area contributed by atoms with Crippen LogP contribution in [0.3, 0.4) is 0 Å². The number of carboxylic acid groups (broad SMARTS) is 1. The molecule has 0 aliphatic carbocycles. The first-order valence-electron chi connectivity index (χ1n) is 5.13. The fourth-order valence-electron chi connectivity index (χ4n) is 2.09. The first-order valence-corrected chi connectivity index (χ1v) is 5.13. The van der Waals surface area contributed by atoms with Gasteiger partial charge in [-0.2, -0.15) is 0 Å². The van der Waals surface area contributed by atoms with Gasteiger partial charge in [0.05, 0.1) is 0 Å². The molecule has 0 saturated carbocycles. The van der Waals surface area contributed by atoms with E-state index in [2.05, 4.69) is 30.8 Å². The van der Waals surface area contributed by atoms with Crippen molar-refractivity contribution in [3.8, 4) is 0 Å². The Morgan fingerprint density at radius 1 is 1.43 bits per heavy atom. The van der Waals surface area contributed by atoms with Gasteiger partial charge in [0.25, 0.3) is 0 Å². The van der Waals surface area contributed by atoms with Crippen LogP contribution in [0.4, 0.5) is 0 Å². The van der Waals surface area contributed by atoms with Gasteiger partial charge in [0.15, 0.2) is 0 Å². The summed E-state index contributed by atoms with van der Waals surface area (Å²) < 4.78 is 0. The zero-order chi connectivity index (χ0) is 10.7. The third kappa shape index (κ3) is 2.96. The first kappa shape index (κ1) is 11.5. The zero-order valence-corrected chi connectivity index (χ0v) is 9.23. The smallest absolute Gasteiger partial charge is 0.303 e. The second-order valence-corrected chi connectivity index (χ2v) is 4.32. The van der Waals surface area contributed by atoms with E-state index in [1.165, 1.54) is 0 Å². The molecule has 0 spiro atoms. The average molecular weight is 200 g/mol. The van der Waals surface area contributed by atoms with Gasteiger partial charge >= 0.3 is 5.97 Å². The van der Waals surface area contributed by atoms with Gasteiger partial charge in [-0.3, -0.25) is 9.69 Å². The number of nitrogens with zero attached hydrogens (tertiary/aromatic N) is 2. The summed E-state index contributed by atoms with van der Waals surface area (Å²) in [7, 11) is 4.18. The molecular weight excluding hydrogens is 180 g/mol. The number of carboxylic acids is 1. The van der Waals surface area contributed by atoms with E-state index in [4.69, 9.17) is 5.11 Å². The lowest BCUT2D eigenvalue weighted by molar-refractivity contribution is -0.137. The lowest BCUT2D eigenvalue weighted by Gasteiger charge is -2.42. The molecule has 1 rings (SSSR count). The highest BCUT2D eigenvalue weighted by molar-refractivity contribution is 5.66. The number of carbonyl (C=O) groups is 1. The fraction of sp³-hybridized carbons (Fsp3) is 0.900. The van der Waals surface area contributed by atoms with Gasteiger partial charge in [-0.15, -0.1) is 0 Å². The largest absolute Gasteiger partial charge is 0.481 e. The summed E-state index contributed by atoms with van der Waals surface area (Å²) in [6, 6.07) is 0.910. The van der Waals surface area contributed by atoms with Crippen LogP contribution in [0.15, 0.2) is 0 Å². The van der Waals surface area contributed by atoms with Crippen molar-refractivity contribution in [2.45, 2.75) is 31.8 Å². The normalized spacial score (nSPS) is 30.5. The van der Waals surface area contributed by atoms with Crippen LogP contribution in [0.1, 0.15) is 19.8 Å². The Hall–Kier alpha value is -0.610. The van der Waals surface area contributed by atoms with Gasteiger partial charge in [-0.1, -0.05) is 0 Å². The molecule has 1 aliphatic rings. The molecule has 0 amide bonds. The Balaban J connectivity index is 2.45. The highest BCUT2D eigenvalue weighted by atomic mass is 16.4. The van der Waals surface area contributed by atoms with Crippen molar-refractivity contribution in [2.24, 2.45) is 0 Å². The molecule has 0 radical (unpaired) electrons. The molecule has 0 bridgehead atoms. The van der Waals surface area contributed by atoms with E-state index < -0.39 is 5.97 Å².